The smallest absolute Gasteiger partial charge is 0.194 e. The largest absolute Gasteiger partial charge is 0.357 e. The van der Waals surface area contributed by atoms with Crippen molar-refractivity contribution in [1.29, 1.82) is 0 Å². The SMILES string of the molecule is CCNC(=NCCCc1nnc(SC)n1C1CCCC1)N(C)Cc1cccn1C. The standard InChI is InChI=1S/C21H35N7S/c1-5-22-20(27(3)16-18-12-9-15-26(18)2)23-14-8-13-19-24-25-21(29-4)28(19)17-10-6-7-11-17/h9,12,15,17H,5-8,10-11,13-14,16H2,1-4H3,(H,22,23). The van der Waals surface area contributed by atoms with E-state index >= 15 is 0 Å². The third kappa shape index (κ3) is 5.56. The van der Waals surface area contributed by atoms with Crippen molar-refractivity contribution in [2.45, 2.75) is 63.2 Å². The maximum atomic E-state index is 4.85. The lowest BCUT2D eigenvalue weighted by Crippen LogP contribution is -2.38. The highest BCUT2D eigenvalue weighted by Crippen LogP contribution is 2.33. The molecule has 0 atom stereocenters. The van der Waals surface area contributed by atoms with Crippen LogP contribution in [0, 0.1) is 0 Å². The maximum absolute atomic E-state index is 4.85. The molecule has 7 nitrogen and oxygen atoms in total. The van der Waals surface area contributed by atoms with E-state index in [9.17, 15) is 0 Å². The second-order valence-electron chi connectivity index (χ2n) is 7.72. The van der Waals surface area contributed by atoms with Gasteiger partial charge in [-0.25, -0.2) is 0 Å². The average Bonchev–Trinajstić information content (AvgIpc) is 3.45. The van der Waals surface area contributed by atoms with Crippen LogP contribution in [0.5, 0.6) is 0 Å². The maximum Gasteiger partial charge on any atom is 0.194 e. The number of aliphatic imine (C=N–C) groups is 1. The molecule has 0 saturated heterocycles. The molecule has 3 rings (SSSR count). The van der Waals surface area contributed by atoms with Gasteiger partial charge in [0.2, 0.25) is 0 Å². The number of thioether (sulfide) groups is 1. The average molecular weight is 418 g/mol. The van der Waals surface area contributed by atoms with E-state index in [-0.39, 0.29) is 0 Å². The summed E-state index contributed by atoms with van der Waals surface area (Å²) in [6, 6.07) is 4.82. The highest BCUT2D eigenvalue weighted by atomic mass is 32.2. The summed E-state index contributed by atoms with van der Waals surface area (Å²) < 4.78 is 4.55. The van der Waals surface area contributed by atoms with Gasteiger partial charge in [0.1, 0.15) is 5.82 Å². The summed E-state index contributed by atoms with van der Waals surface area (Å²) in [5.41, 5.74) is 1.27. The van der Waals surface area contributed by atoms with Crippen molar-refractivity contribution in [2.24, 2.45) is 12.0 Å². The van der Waals surface area contributed by atoms with Crippen molar-refractivity contribution in [2.75, 3.05) is 26.4 Å². The van der Waals surface area contributed by atoms with Gasteiger partial charge in [-0.3, -0.25) is 4.99 Å². The monoisotopic (exact) mass is 417 g/mol. The van der Waals surface area contributed by atoms with E-state index in [1.54, 1.807) is 11.8 Å². The minimum atomic E-state index is 0.583. The highest BCUT2D eigenvalue weighted by molar-refractivity contribution is 7.98. The normalized spacial score (nSPS) is 15.2. The number of nitrogens with zero attached hydrogens (tertiary/aromatic N) is 6. The first-order chi connectivity index (χ1) is 14.1. The van der Waals surface area contributed by atoms with Gasteiger partial charge < -0.3 is 19.4 Å². The molecule has 1 N–H and O–H groups in total. The number of nitrogens with one attached hydrogen (secondary N) is 1. The van der Waals surface area contributed by atoms with Crippen LogP contribution in [0.25, 0.3) is 0 Å². The summed E-state index contributed by atoms with van der Waals surface area (Å²) >= 11 is 1.70. The molecular weight excluding hydrogens is 382 g/mol. The van der Waals surface area contributed by atoms with Gasteiger partial charge in [0.15, 0.2) is 11.1 Å². The van der Waals surface area contributed by atoms with Crippen molar-refractivity contribution < 1.29 is 0 Å². The van der Waals surface area contributed by atoms with Crippen LogP contribution >= 0.6 is 11.8 Å². The lowest BCUT2D eigenvalue weighted by atomic mass is 10.2. The van der Waals surface area contributed by atoms with E-state index in [0.29, 0.717) is 6.04 Å². The van der Waals surface area contributed by atoms with Gasteiger partial charge in [-0.15, -0.1) is 10.2 Å². The Morgan fingerprint density at radius 3 is 2.79 bits per heavy atom. The van der Waals surface area contributed by atoms with Gasteiger partial charge in [-0.05, 0) is 44.6 Å². The zero-order valence-corrected chi connectivity index (χ0v) is 19.1. The van der Waals surface area contributed by atoms with Crippen LogP contribution in [0.15, 0.2) is 28.5 Å². The van der Waals surface area contributed by atoms with E-state index in [1.807, 2.05) is 0 Å². The second-order valence-corrected chi connectivity index (χ2v) is 8.49. The molecule has 0 aromatic carbocycles. The summed E-state index contributed by atoms with van der Waals surface area (Å²) in [6.45, 7) is 4.59. The topological polar surface area (TPSA) is 63.3 Å². The zero-order chi connectivity index (χ0) is 20.6. The lowest BCUT2D eigenvalue weighted by molar-refractivity contribution is 0.457. The number of hydrogen-bond acceptors (Lipinski definition) is 4. The van der Waals surface area contributed by atoms with Crippen LogP contribution < -0.4 is 5.32 Å². The van der Waals surface area contributed by atoms with Crippen LogP contribution in [-0.4, -0.2) is 56.6 Å². The van der Waals surface area contributed by atoms with Crippen molar-refractivity contribution in [1.82, 2.24) is 29.5 Å². The molecule has 2 heterocycles. The molecule has 1 fully saturated rings. The Morgan fingerprint density at radius 2 is 2.14 bits per heavy atom. The lowest BCUT2D eigenvalue weighted by Gasteiger charge is -2.22. The fourth-order valence-electron chi connectivity index (χ4n) is 4.02. The molecule has 2 aromatic heterocycles. The van der Waals surface area contributed by atoms with Crippen LogP contribution in [0.1, 0.15) is 56.6 Å². The molecule has 0 radical (unpaired) electrons. The third-order valence-corrected chi connectivity index (χ3v) is 6.22. The molecule has 0 aliphatic heterocycles. The Kier molecular flexibility index (Phi) is 8.03. The van der Waals surface area contributed by atoms with Gasteiger partial charge in [-0.1, -0.05) is 24.6 Å². The number of aromatic nitrogens is 4. The molecule has 0 bridgehead atoms. The van der Waals surface area contributed by atoms with Crippen molar-refractivity contribution >= 4 is 17.7 Å². The second kappa shape index (κ2) is 10.7. The van der Waals surface area contributed by atoms with Crippen LogP contribution in [0.2, 0.25) is 0 Å². The van der Waals surface area contributed by atoms with E-state index in [2.05, 4.69) is 75.2 Å². The van der Waals surface area contributed by atoms with Crippen LogP contribution in [0.3, 0.4) is 0 Å². The van der Waals surface area contributed by atoms with E-state index in [1.165, 1.54) is 31.4 Å². The number of rotatable bonds is 9. The fraction of sp³-hybridized carbons (Fsp3) is 0.667. The molecule has 29 heavy (non-hydrogen) atoms. The van der Waals surface area contributed by atoms with Gasteiger partial charge in [0, 0.05) is 51.5 Å². The molecule has 1 aliphatic rings. The van der Waals surface area contributed by atoms with Crippen molar-refractivity contribution in [3.63, 3.8) is 0 Å². The molecule has 160 valence electrons. The molecule has 1 saturated carbocycles. The molecule has 0 spiro atoms. The first-order valence-electron chi connectivity index (χ1n) is 10.7. The zero-order valence-electron chi connectivity index (χ0n) is 18.3. The first kappa shape index (κ1) is 21.7. The molecule has 0 amide bonds. The highest BCUT2D eigenvalue weighted by Gasteiger charge is 2.23. The minimum absolute atomic E-state index is 0.583. The minimum Gasteiger partial charge on any atom is -0.357 e. The number of aryl methyl sites for hydroxylation is 2. The predicted molar refractivity (Wildman–Crippen MR) is 120 cm³/mol. The van der Waals surface area contributed by atoms with Gasteiger partial charge in [0.25, 0.3) is 0 Å². The summed E-state index contributed by atoms with van der Waals surface area (Å²) in [7, 11) is 4.17. The van der Waals surface area contributed by atoms with Crippen molar-refractivity contribution in [3.05, 3.63) is 29.8 Å². The Bertz CT molecular complexity index is 789. The molecule has 2 aromatic rings. The van der Waals surface area contributed by atoms with E-state index in [0.717, 1.165) is 49.4 Å². The third-order valence-electron chi connectivity index (χ3n) is 5.57. The molecule has 8 heteroatoms. The molecule has 1 aliphatic carbocycles. The summed E-state index contributed by atoms with van der Waals surface area (Å²) in [6.07, 6.45) is 11.2. The first-order valence-corrected chi connectivity index (χ1v) is 11.9. The summed E-state index contributed by atoms with van der Waals surface area (Å²) in [5, 5.41) is 13.4. The Labute approximate surface area is 179 Å². The molecular formula is C21H35N7S. The van der Waals surface area contributed by atoms with Gasteiger partial charge >= 0.3 is 0 Å². The van der Waals surface area contributed by atoms with Crippen molar-refractivity contribution in [3.8, 4) is 0 Å². The number of hydrogen-bond donors (Lipinski definition) is 1. The van der Waals surface area contributed by atoms with E-state index < -0.39 is 0 Å². The van der Waals surface area contributed by atoms with Gasteiger partial charge in [-0.2, -0.15) is 0 Å². The molecule has 0 unspecified atom stereocenters. The van der Waals surface area contributed by atoms with Gasteiger partial charge in [0.05, 0.1) is 6.54 Å². The summed E-state index contributed by atoms with van der Waals surface area (Å²) in [4.78, 5) is 7.04. The Morgan fingerprint density at radius 1 is 1.34 bits per heavy atom. The summed E-state index contributed by atoms with van der Waals surface area (Å²) in [5.74, 6) is 2.08. The van der Waals surface area contributed by atoms with Crippen LogP contribution in [0.4, 0.5) is 0 Å². The Balaban J connectivity index is 1.58. The number of guanidine groups is 1. The fourth-order valence-corrected chi connectivity index (χ4v) is 4.59. The van der Waals surface area contributed by atoms with Crippen LogP contribution in [-0.2, 0) is 20.0 Å². The van der Waals surface area contributed by atoms with E-state index in [4.69, 9.17) is 4.99 Å². The predicted octanol–water partition coefficient (Wildman–Crippen LogP) is 3.48. The quantitative estimate of drug-likeness (QED) is 0.293. The Hall–Kier alpha value is -1.96.